The molecule has 0 radical (unpaired) electrons. The van der Waals surface area contributed by atoms with Gasteiger partial charge >= 0.3 is 18.1 Å². The number of carbonyl (C=O) groups is 2. The minimum absolute atomic E-state index is 0.0616. The summed E-state index contributed by atoms with van der Waals surface area (Å²) in [6, 6.07) is 23.5. The zero-order valence-electron chi connectivity index (χ0n) is 28.6. The summed E-state index contributed by atoms with van der Waals surface area (Å²) in [6.07, 6.45) is 9.27. The van der Waals surface area contributed by atoms with E-state index in [2.05, 4.69) is 60.2 Å². The van der Waals surface area contributed by atoms with Gasteiger partial charge in [0.25, 0.3) is 0 Å². The van der Waals surface area contributed by atoms with Gasteiger partial charge in [-0.2, -0.15) is 13.2 Å². The molecule has 1 atom stereocenters. The molecule has 5 nitrogen and oxygen atoms in total. The summed E-state index contributed by atoms with van der Waals surface area (Å²) < 4.78 is 49.2. The number of carboxylic acid groups (broad SMARTS) is 1. The van der Waals surface area contributed by atoms with Crippen molar-refractivity contribution in [2.75, 3.05) is 6.61 Å². The highest BCUT2D eigenvalue weighted by molar-refractivity contribution is 5.92. The standard InChI is InChI=1S/C24H34O.C16H19F3O4/c1-2-3-4-5-6-7-8-9-10-14-21-25-24-19-17-23(18-20-24)22-15-12-11-13-16-22;1-2-3-4-5-6-13(16(17,18)19)23-15(22)12-9-7-11(8-10-12)14(20)21/h11-13,15-20H,2-10,14,21H2,1H3;7-10,13H,2-6H2,1H3,(H,20,21). The van der Waals surface area contributed by atoms with Gasteiger partial charge in [-0.25, -0.2) is 9.59 Å². The molecule has 0 heterocycles. The highest BCUT2D eigenvalue weighted by atomic mass is 19.4. The van der Waals surface area contributed by atoms with E-state index in [1.165, 1.54) is 68.9 Å². The largest absolute Gasteiger partial charge is 0.494 e. The number of carbonyl (C=O) groups excluding carboxylic acids is 1. The Kier molecular flexibility index (Phi) is 19.8. The molecule has 48 heavy (non-hydrogen) atoms. The van der Waals surface area contributed by atoms with Crippen LogP contribution in [0.2, 0.25) is 0 Å². The number of hydrogen-bond donors (Lipinski definition) is 1. The Morgan fingerprint density at radius 3 is 1.62 bits per heavy atom. The summed E-state index contributed by atoms with van der Waals surface area (Å²) in [6.45, 7) is 5.06. The fraction of sp³-hybridized carbons (Fsp3) is 0.500. The number of esters is 1. The Labute approximate surface area is 284 Å². The number of hydrogen-bond acceptors (Lipinski definition) is 4. The second kappa shape index (κ2) is 23.5. The first-order valence-electron chi connectivity index (χ1n) is 17.5. The van der Waals surface area contributed by atoms with Crippen molar-refractivity contribution in [3.05, 3.63) is 90.0 Å². The Hall–Kier alpha value is -3.81. The first-order chi connectivity index (χ1) is 23.2. The van der Waals surface area contributed by atoms with E-state index < -0.39 is 24.2 Å². The van der Waals surface area contributed by atoms with E-state index in [0.29, 0.717) is 12.8 Å². The summed E-state index contributed by atoms with van der Waals surface area (Å²) in [4.78, 5) is 22.5. The molecule has 1 N–H and O–H groups in total. The van der Waals surface area contributed by atoms with Crippen LogP contribution in [0.3, 0.4) is 0 Å². The van der Waals surface area contributed by atoms with Gasteiger partial charge in [0.15, 0.2) is 6.10 Å². The van der Waals surface area contributed by atoms with E-state index in [-0.39, 0.29) is 17.5 Å². The molecule has 0 aliphatic heterocycles. The molecule has 0 amide bonds. The molecule has 1 unspecified atom stereocenters. The first-order valence-corrected chi connectivity index (χ1v) is 17.5. The predicted molar refractivity (Wildman–Crippen MR) is 187 cm³/mol. The van der Waals surface area contributed by atoms with E-state index in [9.17, 15) is 22.8 Å². The molecular weight excluding hydrogens is 617 g/mol. The number of carboxylic acids is 1. The zero-order chi connectivity index (χ0) is 35.0. The summed E-state index contributed by atoms with van der Waals surface area (Å²) in [5, 5.41) is 8.74. The molecule has 3 aromatic carbocycles. The maximum absolute atomic E-state index is 12.9. The minimum Gasteiger partial charge on any atom is -0.494 e. The number of rotatable bonds is 21. The zero-order valence-corrected chi connectivity index (χ0v) is 28.6. The van der Waals surface area contributed by atoms with Crippen molar-refractivity contribution in [2.24, 2.45) is 0 Å². The van der Waals surface area contributed by atoms with Crippen LogP contribution in [0.4, 0.5) is 13.2 Å². The van der Waals surface area contributed by atoms with Crippen molar-refractivity contribution < 1.29 is 37.3 Å². The van der Waals surface area contributed by atoms with Crippen LogP contribution in [-0.2, 0) is 4.74 Å². The maximum atomic E-state index is 12.9. The van der Waals surface area contributed by atoms with Gasteiger partial charge in [0.2, 0.25) is 0 Å². The normalized spacial score (nSPS) is 11.7. The third-order valence-electron chi connectivity index (χ3n) is 8.03. The summed E-state index contributed by atoms with van der Waals surface area (Å²) in [7, 11) is 0. The summed E-state index contributed by atoms with van der Waals surface area (Å²) in [5.74, 6) is -1.32. The van der Waals surface area contributed by atoms with Crippen molar-refractivity contribution in [3.8, 4) is 16.9 Å². The number of benzene rings is 3. The quantitative estimate of drug-likeness (QED) is 0.0902. The van der Waals surface area contributed by atoms with Crippen LogP contribution in [0, 0.1) is 0 Å². The third kappa shape index (κ3) is 16.8. The number of ether oxygens (including phenoxy) is 2. The molecule has 0 fully saturated rings. The van der Waals surface area contributed by atoms with E-state index in [1.807, 2.05) is 13.0 Å². The fourth-order valence-corrected chi connectivity index (χ4v) is 5.15. The van der Waals surface area contributed by atoms with Crippen LogP contribution in [-0.4, -0.2) is 35.9 Å². The lowest BCUT2D eigenvalue weighted by molar-refractivity contribution is -0.206. The molecule has 0 aromatic heterocycles. The molecule has 3 aromatic rings. The van der Waals surface area contributed by atoms with Crippen molar-refractivity contribution in [2.45, 2.75) is 122 Å². The Morgan fingerprint density at radius 1 is 0.625 bits per heavy atom. The Bertz CT molecular complexity index is 1270. The van der Waals surface area contributed by atoms with E-state index in [0.717, 1.165) is 55.9 Å². The van der Waals surface area contributed by atoms with Crippen molar-refractivity contribution in [1.29, 1.82) is 0 Å². The molecule has 3 rings (SSSR count). The molecular formula is C40H53F3O5. The Morgan fingerprint density at radius 2 is 1.10 bits per heavy atom. The minimum atomic E-state index is -4.62. The lowest BCUT2D eigenvalue weighted by Gasteiger charge is -2.20. The lowest BCUT2D eigenvalue weighted by Crippen LogP contribution is -2.33. The van der Waals surface area contributed by atoms with Gasteiger partial charge in [0, 0.05) is 0 Å². The number of alkyl halides is 3. The Balaban J connectivity index is 0.000000335. The molecule has 0 spiro atoms. The van der Waals surface area contributed by atoms with Crippen LogP contribution in [0.5, 0.6) is 5.75 Å². The molecule has 0 aliphatic carbocycles. The highest BCUT2D eigenvalue weighted by Crippen LogP contribution is 2.28. The van der Waals surface area contributed by atoms with Gasteiger partial charge in [-0.15, -0.1) is 0 Å². The van der Waals surface area contributed by atoms with Gasteiger partial charge in [-0.3, -0.25) is 0 Å². The second-order valence-corrected chi connectivity index (χ2v) is 12.1. The van der Waals surface area contributed by atoms with E-state index in [4.69, 9.17) is 9.84 Å². The van der Waals surface area contributed by atoms with Gasteiger partial charge in [-0.05, 0) is 66.8 Å². The molecule has 8 heteroatoms. The van der Waals surface area contributed by atoms with Gasteiger partial charge in [-0.1, -0.05) is 133 Å². The van der Waals surface area contributed by atoms with Crippen LogP contribution in [0.1, 0.15) is 131 Å². The van der Waals surface area contributed by atoms with E-state index >= 15 is 0 Å². The van der Waals surface area contributed by atoms with E-state index in [1.54, 1.807) is 0 Å². The van der Waals surface area contributed by atoms with Crippen molar-refractivity contribution in [3.63, 3.8) is 0 Å². The van der Waals surface area contributed by atoms with Crippen molar-refractivity contribution in [1.82, 2.24) is 0 Å². The van der Waals surface area contributed by atoms with Gasteiger partial charge < -0.3 is 14.6 Å². The van der Waals surface area contributed by atoms with Gasteiger partial charge in [0.1, 0.15) is 5.75 Å². The molecule has 0 saturated heterocycles. The summed E-state index contributed by atoms with van der Waals surface area (Å²) in [5.41, 5.74) is 2.32. The first kappa shape index (κ1) is 40.4. The monoisotopic (exact) mass is 670 g/mol. The smallest absolute Gasteiger partial charge is 0.425 e. The summed E-state index contributed by atoms with van der Waals surface area (Å²) >= 11 is 0. The number of halogens is 3. The maximum Gasteiger partial charge on any atom is 0.425 e. The SMILES string of the molecule is CCCCCCC(OC(=O)c1ccc(C(=O)O)cc1)C(F)(F)F.CCCCCCCCCCCCOc1ccc(-c2ccccc2)cc1. The predicted octanol–water partition coefficient (Wildman–Crippen LogP) is 12.1. The molecule has 0 bridgehead atoms. The average Bonchev–Trinajstić information content (AvgIpc) is 3.09. The fourth-order valence-electron chi connectivity index (χ4n) is 5.15. The lowest BCUT2D eigenvalue weighted by atomic mass is 10.1. The number of unbranched alkanes of at least 4 members (excludes halogenated alkanes) is 12. The third-order valence-corrected chi connectivity index (χ3v) is 8.03. The molecule has 0 aliphatic rings. The topological polar surface area (TPSA) is 72.8 Å². The van der Waals surface area contributed by atoms with Crippen LogP contribution in [0.25, 0.3) is 11.1 Å². The average molecular weight is 671 g/mol. The van der Waals surface area contributed by atoms with Crippen LogP contribution >= 0.6 is 0 Å². The number of aromatic carboxylic acids is 1. The van der Waals surface area contributed by atoms with Crippen molar-refractivity contribution >= 4 is 11.9 Å². The van der Waals surface area contributed by atoms with Crippen LogP contribution in [0.15, 0.2) is 78.9 Å². The van der Waals surface area contributed by atoms with Gasteiger partial charge in [0.05, 0.1) is 17.7 Å². The van der Waals surface area contributed by atoms with Crippen LogP contribution < -0.4 is 4.74 Å². The molecule has 264 valence electrons. The molecule has 0 saturated carbocycles. The second-order valence-electron chi connectivity index (χ2n) is 12.1. The highest BCUT2D eigenvalue weighted by Gasteiger charge is 2.42.